The van der Waals surface area contributed by atoms with Crippen LogP contribution in [0.4, 0.5) is 0 Å². The molecule has 1 aliphatic rings. The molecule has 0 saturated heterocycles. The maximum Gasteiger partial charge on any atom is 0.243 e. The van der Waals surface area contributed by atoms with E-state index < -0.39 is 0 Å². The lowest BCUT2D eigenvalue weighted by Crippen LogP contribution is -2.35. The van der Waals surface area contributed by atoms with E-state index in [1.807, 2.05) is 48.5 Å². The third kappa shape index (κ3) is 6.36. The highest BCUT2D eigenvalue weighted by Gasteiger charge is 2.19. The summed E-state index contributed by atoms with van der Waals surface area (Å²) in [5.41, 5.74) is 3.55. The molecule has 5 nitrogen and oxygen atoms in total. The molecule has 1 N–H and O–H groups in total. The van der Waals surface area contributed by atoms with E-state index in [1.54, 1.807) is 12.2 Å². The van der Waals surface area contributed by atoms with Gasteiger partial charge in [0, 0.05) is 39.2 Å². The second-order valence-corrected chi connectivity index (χ2v) is 6.85. The van der Waals surface area contributed by atoms with E-state index in [0.717, 1.165) is 18.7 Å². The van der Waals surface area contributed by atoms with Crippen LogP contribution in [0.3, 0.4) is 0 Å². The van der Waals surface area contributed by atoms with Gasteiger partial charge in [0.15, 0.2) is 5.78 Å². The van der Waals surface area contributed by atoms with Crippen molar-refractivity contribution in [1.82, 2.24) is 10.2 Å². The van der Waals surface area contributed by atoms with Crippen LogP contribution in [0.1, 0.15) is 18.1 Å². The van der Waals surface area contributed by atoms with E-state index in [-0.39, 0.29) is 11.7 Å². The SMILES string of the molecule is CC(=O)N=C1C=CC(=O)C=C1N(CCNCc1ccccc1)Cc1ccccc1. The van der Waals surface area contributed by atoms with Crippen molar-refractivity contribution in [2.24, 2.45) is 4.99 Å². The number of aliphatic imine (C=N–C) groups is 1. The summed E-state index contributed by atoms with van der Waals surface area (Å²) in [6.45, 7) is 4.21. The highest BCUT2D eigenvalue weighted by atomic mass is 16.1. The third-order valence-corrected chi connectivity index (χ3v) is 4.51. The third-order valence-electron chi connectivity index (χ3n) is 4.51. The Hall–Kier alpha value is -3.31. The lowest BCUT2D eigenvalue weighted by Gasteiger charge is -2.29. The van der Waals surface area contributed by atoms with Gasteiger partial charge in [-0.05, 0) is 23.3 Å². The van der Waals surface area contributed by atoms with Gasteiger partial charge in [-0.1, -0.05) is 60.7 Å². The first-order valence-electron chi connectivity index (χ1n) is 9.69. The highest BCUT2D eigenvalue weighted by molar-refractivity contribution is 6.21. The Morgan fingerprint density at radius 2 is 1.62 bits per heavy atom. The van der Waals surface area contributed by atoms with Crippen LogP contribution < -0.4 is 5.32 Å². The number of benzene rings is 2. The largest absolute Gasteiger partial charge is 0.364 e. The summed E-state index contributed by atoms with van der Waals surface area (Å²) in [6.07, 6.45) is 4.62. The van der Waals surface area contributed by atoms with Gasteiger partial charge in [-0.2, -0.15) is 0 Å². The van der Waals surface area contributed by atoms with Crippen molar-refractivity contribution in [2.75, 3.05) is 13.1 Å². The van der Waals surface area contributed by atoms with Crippen LogP contribution in [-0.4, -0.2) is 35.4 Å². The van der Waals surface area contributed by atoms with E-state index in [4.69, 9.17) is 0 Å². The van der Waals surface area contributed by atoms with Crippen LogP contribution in [0.2, 0.25) is 0 Å². The molecule has 0 aliphatic heterocycles. The molecule has 2 aromatic carbocycles. The summed E-state index contributed by atoms with van der Waals surface area (Å²) >= 11 is 0. The van der Waals surface area contributed by atoms with Crippen molar-refractivity contribution in [2.45, 2.75) is 20.0 Å². The van der Waals surface area contributed by atoms with Crippen molar-refractivity contribution >= 4 is 17.4 Å². The Balaban J connectivity index is 1.74. The van der Waals surface area contributed by atoms with Crippen molar-refractivity contribution < 1.29 is 9.59 Å². The number of hydrogen-bond acceptors (Lipinski definition) is 4. The van der Waals surface area contributed by atoms with Crippen LogP contribution in [0.5, 0.6) is 0 Å². The van der Waals surface area contributed by atoms with E-state index >= 15 is 0 Å². The molecule has 0 unspecified atom stereocenters. The standard InChI is InChI=1S/C24H25N3O2/c1-19(28)26-23-13-12-22(29)16-24(23)27(18-21-10-6-3-7-11-21)15-14-25-17-20-8-4-2-5-9-20/h2-13,16,25H,14-15,17-18H2,1H3. The second-order valence-electron chi connectivity index (χ2n) is 6.85. The number of nitrogens with one attached hydrogen (secondary N) is 1. The molecule has 3 rings (SSSR count). The first kappa shape index (κ1) is 20.4. The molecule has 29 heavy (non-hydrogen) atoms. The fourth-order valence-corrected chi connectivity index (χ4v) is 3.15. The Morgan fingerprint density at radius 1 is 0.966 bits per heavy atom. The fourth-order valence-electron chi connectivity index (χ4n) is 3.15. The number of amides is 1. The highest BCUT2D eigenvalue weighted by Crippen LogP contribution is 2.17. The normalized spacial score (nSPS) is 14.7. The lowest BCUT2D eigenvalue weighted by atomic mass is 10.1. The molecule has 0 saturated carbocycles. The molecule has 0 radical (unpaired) electrons. The number of allylic oxidation sites excluding steroid dienone is 3. The molecule has 0 aromatic heterocycles. The molecule has 148 valence electrons. The summed E-state index contributed by atoms with van der Waals surface area (Å²) in [6, 6.07) is 20.3. The van der Waals surface area contributed by atoms with Gasteiger partial charge in [0.25, 0.3) is 0 Å². The topological polar surface area (TPSA) is 61.8 Å². The van der Waals surface area contributed by atoms with Crippen molar-refractivity contribution in [3.05, 3.63) is 95.7 Å². The Bertz CT molecular complexity index is 931. The van der Waals surface area contributed by atoms with Gasteiger partial charge >= 0.3 is 0 Å². The predicted molar refractivity (Wildman–Crippen MR) is 115 cm³/mol. The predicted octanol–water partition coefficient (Wildman–Crippen LogP) is 3.29. The van der Waals surface area contributed by atoms with E-state index in [2.05, 4.69) is 27.3 Å². The smallest absolute Gasteiger partial charge is 0.243 e. The zero-order valence-corrected chi connectivity index (χ0v) is 16.5. The molecular formula is C24H25N3O2. The average Bonchev–Trinajstić information content (AvgIpc) is 2.73. The van der Waals surface area contributed by atoms with E-state index in [1.165, 1.54) is 18.6 Å². The van der Waals surface area contributed by atoms with Gasteiger partial charge < -0.3 is 10.2 Å². The molecule has 0 heterocycles. The minimum Gasteiger partial charge on any atom is -0.364 e. The molecule has 1 amide bonds. The summed E-state index contributed by atoms with van der Waals surface area (Å²) in [5, 5.41) is 3.45. The number of carbonyl (C=O) groups is 2. The number of nitrogens with zero attached hydrogens (tertiary/aromatic N) is 2. The summed E-state index contributed by atoms with van der Waals surface area (Å²) in [5.74, 6) is -0.385. The van der Waals surface area contributed by atoms with Gasteiger partial charge in [-0.3, -0.25) is 9.59 Å². The van der Waals surface area contributed by atoms with E-state index in [0.29, 0.717) is 24.5 Å². The van der Waals surface area contributed by atoms with Gasteiger partial charge in [0.1, 0.15) is 0 Å². The molecule has 0 spiro atoms. The van der Waals surface area contributed by atoms with Crippen LogP contribution in [0, 0.1) is 0 Å². The zero-order chi connectivity index (χ0) is 20.5. The second kappa shape index (κ2) is 10.3. The maximum absolute atomic E-state index is 12.0. The zero-order valence-electron chi connectivity index (χ0n) is 16.5. The van der Waals surface area contributed by atoms with Crippen LogP contribution in [-0.2, 0) is 22.7 Å². The van der Waals surface area contributed by atoms with Crippen LogP contribution in [0.25, 0.3) is 0 Å². The van der Waals surface area contributed by atoms with Gasteiger partial charge in [0.05, 0.1) is 11.4 Å². The molecule has 5 heteroatoms. The lowest BCUT2D eigenvalue weighted by molar-refractivity contribution is -0.115. The minimum atomic E-state index is -0.285. The molecule has 1 aliphatic carbocycles. The quantitative estimate of drug-likeness (QED) is 0.558. The van der Waals surface area contributed by atoms with Gasteiger partial charge in [-0.15, -0.1) is 0 Å². The molecule has 0 fully saturated rings. The number of ketones is 1. The number of hydrogen-bond donors (Lipinski definition) is 1. The van der Waals surface area contributed by atoms with Gasteiger partial charge in [0.2, 0.25) is 5.91 Å². The summed E-state index contributed by atoms with van der Waals surface area (Å²) in [7, 11) is 0. The molecule has 2 aromatic rings. The minimum absolute atomic E-state index is 0.0993. The summed E-state index contributed by atoms with van der Waals surface area (Å²) in [4.78, 5) is 29.8. The monoisotopic (exact) mass is 387 g/mol. The number of rotatable bonds is 8. The first-order valence-corrected chi connectivity index (χ1v) is 9.69. The summed E-state index contributed by atoms with van der Waals surface area (Å²) < 4.78 is 0. The average molecular weight is 387 g/mol. The molecule has 0 atom stereocenters. The number of carbonyl (C=O) groups excluding carboxylic acids is 2. The molecular weight excluding hydrogens is 362 g/mol. The van der Waals surface area contributed by atoms with Crippen LogP contribution >= 0.6 is 0 Å². The molecule has 0 bridgehead atoms. The maximum atomic E-state index is 12.0. The first-order chi connectivity index (χ1) is 14.1. The fraction of sp³-hybridized carbons (Fsp3) is 0.208. The Kier molecular flexibility index (Phi) is 7.25. The Morgan fingerprint density at radius 3 is 2.28 bits per heavy atom. The van der Waals surface area contributed by atoms with Crippen LogP contribution in [0.15, 0.2) is 89.6 Å². The van der Waals surface area contributed by atoms with Crippen molar-refractivity contribution in [1.29, 1.82) is 0 Å². The van der Waals surface area contributed by atoms with Crippen molar-refractivity contribution in [3.63, 3.8) is 0 Å². The Labute approximate surface area is 171 Å². The van der Waals surface area contributed by atoms with Crippen molar-refractivity contribution in [3.8, 4) is 0 Å². The van der Waals surface area contributed by atoms with Gasteiger partial charge in [-0.25, -0.2) is 4.99 Å². The van der Waals surface area contributed by atoms with E-state index in [9.17, 15) is 9.59 Å².